The van der Waals surface area contributed by atoms with Crippen LogP contribution in [-0.2, 0) is 0 Å². The Hall–Kier alpha value is -1.88. The molecule has 5 heteroatoms. The molecule has 0 spiro atoms. The summed E-state index contributed by atoms with van der Waals surface area (Å²) >= 11 is 0. The molecule has 0 saturated carbocycles. The van der Waals surface area contributed by atoms with Crippen molar-refractivity contribution < 1.29 is 20.0 Å². The zero-order valence-electron chi connectivity index (χ0n) is 7.77. The van der Waals surface area contributed by atoms with E-state index in [1.54, 1.807) is 25.2 Å². The van der Waals surface area contributed by atoms with Gasteiger partial charge in [0.1, 0.15) is 0 Å². The molecule has 1 aromatic rings. The SMILES string of the molecule is C[NH2+]C(N)=O.O=C([O-])c1ccccc1. The minimum Gasteiger partial charge on any atom is -0.545 e. The summed E-state index contributed by atoms with van der Waals surface area (Å²) in [4.78, 5) is 19.6. The second-order valence-corrected chi connectivity index (χ2v) is 2.34. The highest BCUT2D eigenvalue weighted by Crippen LogP contribution is 1.94. The summed E-state index contributed by atoms with van der Waals surface area (Å²) in [6.07, 6.45) is 0. The number of hydrogen-bond acceptors (Lipinski definition) is 3. The zero-order chi connectivity index (χ0) is 11.0. The minimum absolute atomic E-state index is 0.220. The lowest BCUT2D eigenvalue weighted by atomic mass is 10.2. The first kappa shape index (κ1) is 12.1. The molecule has 2 amide bonds. The van der Waals surface area contributed by atoms with E-state index < -0.39 is 5.97 Å². The van der Waals surface area contributed by atoms with Gasteiger partial charge in [0, 0.05) is 0 Å². The Morgan fingerprint density at radius 1 is 1.29 bits per heavy atom. The van der Waals surface area contributed by atoms with Crippen LogP contribution < -0.4 is 16.2 Å². The van der Waals surface area contributed by atoms with E-state index in [0.717, 1.165) is 0 Å². The highest BCUT2D eigenvalue weighted by molar-refractivity contribution is 5.85. The Labute approximate surface area is 81.5 Å². The fraction of sp³-hybridized carbons (Fsp3) is 0.111. The molecule has 0 saturated heterocycles. The quantitative estimate of drug-likeness (QED) is 0.560. The van der Waals surface area contributed by atoms with Gasteiger partial charge in [-0.15, -0.1) is 0 Å². The molecule has 0 bridgehead atoms. The van der Waals surface area contributed by atoms with Crippen molar-refractivity contribution in [3.8, 4) is 0 Å². The molecule has 0 fully saturated rings. The van der Waals surface area contributed by atoms with Crippen LogP contribution in [0.2, 0.25) is 0 Å². The molecule has 14 heavy (non-hydrogen) atoms. The fourth-order valence-electron chi connectivity index (χ4n) is 0.574. The van der Waals surface area contributed by atoms with Crippen LogP contribution in [0.1, 0.15) is 10.4 Å². The lowest BCUT2D eigenvalue weighted by molar-refractivity contribution is -0.521. The predicted octanol–water partition coefficient (Wildman–Crippen LogP) is -1.69. The number of urea groups is 1. The van der Waals surface area contributed by atoms with E-state index >= 15 is 0 Å². The van der Waals surface area contributed by atoms with Crippen LogP contribution in [0.15, 0.2) is 30.3 Å². The molecule has 5 nitrogen and oxygen atoms in total. The van der Waals surface area contributed by atoms with Crippen LogP contribution >= 0.6 is 0 Å². The molecular formula is C9H12N2O3. The van der Waals surface area contributed by atoms with Gasteiger partial charge in [0.2, 0.25) is 0 Å². The smallest absolute Gasteiger partial charge is 0.410 e. The van der Waals surface area contributed by atoms with Crippen molar-refractivity contribution in [2.45, 2.75) is 0 Å². The van der Waals surface area contributed by atoms with Crippen molar-refractivity contribution in [1.82, 2.24) is 0 Å². The maximum absolute atomic E-state index is 10.1. The van der Waals surface area contributed by atoms with E-state index in [2.05, 4.69) is 5.73 Å². The molecular weight excluding hydrogens is 184 g/mol. The van der Waals surface area contributed by atoms with Gasteiger partial charge in [0.05, 0.1) is 13.0 Å². The van der Waals surface area contributed by atoms with Gasteiger partial charge in [0.15, 0.2) is 0 Å². The number of carbonyl (C=O) groups is 2. The Morgan fingerprint density at radius 3 is 1.93 bits per heavy atom. The molecule has 1 aromatic carbocycles. The molecule has 0 aliphatic carbocycles. The van der Waals surface area contributed by atoms with Crippen molar-refractivity contribution in [2.75, 3.05) is 7.05 Å². The summed E-state index contributed by atoms with van der Waals surface area (Å²) in [5.41, 5.74) is 4.82. The zero-order valence-corrected chi connectivity index (χ0v) is 7.77. The third-order valence-corrected chi connectivity index (χ3v) is 1.29. The highest BCUT2D eigenvalue weighted by Gasteiger charge is 1.85. The maximum Gasteiger partial charge on any atom is 0.410 e. The number of hydrogen-bond donors (Lipinski definition) is 2. The van der Waals surface area contributed by atoms with Gasteiger partial charge in [-0.2, -0.15) is 0 Å². The number of rotatable bonds is 1. The summed E-state index contributed by atoms with van der Waals surface area (Å²) in [7, 11) is 1.60. The number of quaternary nitrogens is 1. The van der Waals surface area contributed by atoms with Crippen LogP contribution in [0.3, 0.4) is 0 Å². The number of benzene rings is 1. The molecule has 0 unspecified atom stereocenters. The van der Waals surface area contributed by atoms with Crippen LogP contribution in [0.4, 0.5) is 4.79 Å². The van der Waals surface area contributed by atoms with Crippen molar-refractivity contribution >= 4 is 12.0 Å². The van der Waals surface area contributed by atoms with E-state index in [4.69, 9.17) is 0 Å². The Bertz CT molecular complexity index is 298. The lowest BCUT2D eigenvalue weighted by Gasteiger charge is -1.97. The first-order valence-corrected chi connectivity index (χ1v) is 3.93. The predicted molar refractivity (Wildman–Crippen MR) is 48.2 cm³/mol. The number of aromatic carboxylic acids is 1. The van der Waals surface area contributed by atoms with Crippen molar-refractivity contribution in [1.29, 1.82) is 0 Å². The van der Waals surface area contributed by atoms with Gasteiger partial charge in [-0.3, -0.25) is 5.32 Å². The summed E-state index contributed by atoms with van der Waals surface area (Å²) < 4.78 is 0. The third-order valence-electron chi connectivity index (χ3n) is 1.29. The highest BCUT2D eigenvalue weighted by atomic mass is 16.4. The molecule has 0 aromatic heterocycles. The average molecular weight is 196 g/mol. The molecule has 0 aliphatic rings. The van der Waals surface area contributed by atoms with Gasteiger partial charge < -0.3 is 15.6 Å². The maximum atomic E-state index is 10.1. The summed E-state index contributed by atoms with van der Waals surface area (Å²) in [5, 5.41) is 11.4. The number of amides is 2. The average Bonchev–Trinajstić information content (AvgIpc) is 2.20. The summed E-state index contributed by atoms with van der Waals surface area (Å²) in [5.74, 6) is -1.13. The monoisotopic (exact) mass is 196 g/mol. The topological polar surface area (TPSA) is 99.8 Å². The number of carboxylic acids is 1. The van der Waals surface area contributed by atoms with Crippen LogP contribution in [-0.4, -0.2) is 19.0 Å². The number of nitrogens with two attached hydrogens (primary N) is 2. The van der Waals surface area contributed by atoms with Crippen molar-refractivity contribution in [3.05, 3.63) is 35.9 Å². The Kier molecular flexibility index (Phi) is 5.73. The van der Waals surface area contributed by atoms with E-state index in [1.807, 2.05) is 0 Å². The minimum atomic E-state index is -1.13. The van der Waals surface area contributed by atoms with E-state index in [9.17, 15) is 14.7 Å². The van der Waals surface area contributed by atoms with Gasteiger partial charge in [-0.25, -0.2) is 4.79 Å². The second kappa shape index (κ2) is 6.62. The van der Waals surface area contributed by atoms with Crippen LogP contribution in [0.5, 0.6) is 0 Å². The standard InChI is InChI=1S/C7H6O2.C2H6N2O/c8-7(9)6-4-2-1-3-5-6;1-4-2(3)5/h1-5H,(H,8,9);1H3,(H3,3,4,5). The van der Waals surface area contributed by atoms with E-state index in [1.165, 1.54) is 17.4 Å². The first-order chi connectivity index (χ1) is 6.57. The molecule has 1 rings (SSSR count). The summed E-state index contributed by atoms with van der Waals surface area (Å²) in [6.45, 7) is 0. The number of carbonyl (C=O) groups excluding carboxylic acids is 2. The Balaban J connectivity index is 0.000000292. The normalized spacial score (nSPS) is 8.36. The lowest BCUT2D eigenvalue weighted by Crippen LogP contribution is -2.86. The van der Waals surface area contributed by atoms with Crippen molar-refractivity contribution in [3.63, 3.8) is 0 Å². The first-order valence-electron chi connectivity index (χ1n) is 3.93. The molecule has 0 radical (unpaired) electrons. The second-order valence-electron chi connectivity index (χ2n) is 2.34. The fourth-order valence-corrected chi connectivity index (χ4v) is 0.574. The van der Waals surface area contributed by atoms with E-state index in [-0.39, 0.29) is 11.6 Å². The van der Waals surface area contributed by atoms with Crippen LogP contribution in [0.25, 0.3) is 0 Å². The number of primary amides is 2. The van der Waals surface area contributed by atoms with Crippen LogP contribution in [0, 0.1) is 0 Å². The Morgan fingerprint density at radius 2 is 1.71 bits per heavy atom. The summed E-state index contributed by atoms with van der Waals surface area (Å²) in [6, 6.07) is 7.69. The molecule has 0 heterocycles. The molecule has 4 N–H and O–H groups in total. The third kappa shape index (κ3) is 5.73. The van der Waals surface area contributed by atoms with E-state index in [0.29, 0.717) is 0 Å². The van der Waals surface area contributed by atoms with Crippen molar-refractivity contribution in [2.24, 2.45) is 5.73 Å². The van der Waals surface area contributed by atoms with Gasteiger partial charge in [0.25, 0.3) is 0 Å². The van der Waals surface area contributed by atoms with Gasteiger partial charge >= 0.3 is 6.03 Å². The van der Waals surface area contributed by atoms with Gasteiger partial charge in [-0.1, -0.05) is 30.3 Å². The molecule has 0 atom stereocenters. The van der Waals surface area contributed by atoms with Gasteiger partial charge in [-0.05, 0) is 5.56 Å². The number of carboxylic acid groups (broad SMARTS) is 1. The largest absolute Gasteiger partial charge is 0.545 e. The molecule has 76 valence electrons. The molecule has 0 aliphatic heterocycles.